The van der Waals surface area contributed by atoms with Gasteiger partial charge in [-0.15, -0.1) is 23.1 Å². The Morgan fingerprint density at radius 2 is 2.04 bits per heavy atom. The fourth-order valence-electron chi connectivity index (χ4n) is 3.58. The fourth-order valence-corrected chi connectivity index (χ4v) is 5.66. The number of aryl methyl sites for hydroxylation is 2. The normalized spacial score (nSPS) is 17.4. The third kappa shape index (κ3) is 3.11. The average molecular weight is 364 g/mol. The molecule has 3 heterocycles. The first kappa shape index (κ1) is 16.1. The number of H-pyrrole nitrogens is 1. The topological polar surface area (TPSA) is 66.1 Å². The molecule has 1 N–H and O–H groups in total. The van der Waals surface area contributed by atoms with Gasteiger partial charge in [0.15, 0.2) is 0 Å². The van der Waals surface area contributed by atoms with Crippen molar-refractivity contribution >= 4 is 39.2 Å². The van der Waals surface area contributed by atoms with E-state index >= 15 is 0 Å². The Morgan fingerprint density at radius 1 is 1.21 bits per heavy atom. The van der Waals surface area contributed by atoms with Gasteiger partial charge in [0.2, 0.25) is 5.91 Å². The van der Waals surface area contributed by atoms with Crippen LogP contribution in [-0.4, -0.2) is 39.6 Å². The first-order valence-electron chi connectivity index (χ1n) is 8.61. The lowest BCUT2D eigenvalue weighted by Gasteiger charge is -2.26. The predicted octanol–water partition coefficient (Wildman–Crippen LogP) is 2.72. The molecule has 5 nitrogen and oxygen atoms in total. The number of carbonyl (C=O) groups excluding carboxylic acids is 1. The number of rotatable bonds is 4. The standard InChI is InChI=1S/C17H21N3O2S2/c21-14(20-7-2-1-3-8-20)10-23-9-13-18-16(22)15-11-5-4-6-12(11)24-17(15)19-13/h1-10H2,(H,18,19,22). The van der Waals surface area contributed by atoms with Gasteiger partial charge in [-0.1, -0.05) is 0 Å². The number of amides is 1. The SMILES string of the molecule is O=C(CSCc1nc2sc3c(c2c(=O)[nH]1)CCC3)N1CCCCC1. The average Bonchev–Trinajstić information content (AvgIpc) is 3.16. The van der Waals surface area contributed by atoms with Crippen molar-refractivity contribution in [2.24, 2.45) is 0 Å². The molecule has 0 bridgehead atoms. The first-order chi connectivity index (χ1) is 11.7. The molecule has 1 saturated heterocycles. The van der Waals surface area contributed by atoms with Gasteiger partial charge in [0.1, 0.15) is 10.7 Å². The molecule has 1 aliphatic carbocycles. The summed E-state index contributed by atoms with van der Waals surface area (Å²) in [6, 6.07) is 0. The molecular formula is C17H21N3O2S2. The van der Waals surface area contributed by atoms with Crippen molar-refractivity contribution in [3.63, 3.8) is 0 Å². The molecule has 128 valence electrons. The number of fused-ring (bicyclic) bond motifs is 3. The molecule has 1 amide bonds. The summed E-state index contributed by atoms with van der Waals surface area (Å²) in [7, 11) is 0. The molecule has 24 heavy (non-hydrogen) atoms. The summed E-state index contributed by atoms with van der Waals surface area (Å²) in [6.07, 6.45) is 6.68. The second kappa shape index (κ2) is 6.88. The van der Waals surface area contributed by atoms with E-state index in [0.29, 0.717) is 17.3 Å². The van der Waals surface area contributed by atoms with Gasteiger partial charge in [-0.05, 0) is 44.1 Å². The van der Waals surface area contributed by atoms with Gasteiger partial charge in [0.05, 0.1) is 16.9 Å². The van der Waals surface area contributed by atoms with Crippen molar-refractivity contribution in [2.75, 3.05) is 18.8 Å². The van der Waals surface area contributed by atoms with E-state index in [1.54, 1.807) is 11.3 Å². The number of hydrogen-bond acceptors (Lipinski definition) is 5. The van der Waals surface area contributed by atoms with Gasteiger partial charge in [-0.25, -0.2) is 4.98 Å². The molecule has 0 atom stereocenters. The largest absolute Gasteiger partial charge is 0.342 e. The van der Waals surface area contributed by atoms with Crippen molar-refractivity contribution in [1.29, 1.82) is 0 Å². The van der Waals surface area contributed by atoms with Gasteiger partial charge < -0.3 is 9.88 Å². The number of carbonyl (C=O) groups is 1. The number of likely N-dealkylation sites (tertiary alicyclic amines) is 1. The van der Waals surface area contributed by atoms with Crippen LogP contribution in [0.25, 0.3) is 10.2 Å². The van der Waals surface area contributed by atoms with Gasteiger partial charge in [-0.3, -0.25) is 9.59 Å². The molecule has 0 saturated carbocycles. The van der Waals surface area contributed by atoms with Crippen LogP contribution in [0.15, 0.2) is 4.79 Å². The fraction of sp³-hybridized carbons (Fsp3) is 0.588. The van der Waals surface area contributed by atoms with Crippen molar-refractivity contribution < 1.29 is 4.79 Å². The predicted molar refractivity (Wildman–Crippen MR) is 98.9 cm³/mol. The lowest BCUT2D eigenvalue weighted by atomic mass is 10.1. The van der Waals surface area contributed by atoms with Gasteiger partial charge in [-0.2, -0.15) is 0 Å². The van der Waals surface area contributed by atoms with Gasteiger partial charge in [0.25, 0.3) is 5.56 Å². The van der Waals surface area contributed by atoms with Crippen LogP contribution >= 0.6 is 23.1 Å². The Kier molecular flexibility index (Phi) is 4.63. The summed E-state index contributed by atoms with van der Waals surface area (Å²) in [5.74, 6) is 1.93. The zero-order chi connectivity index (χ0) is 16.5. The first-order valence-corrected chi connectivity index (χ1v) is 10.6. The Hall–Kier alpha value is -1.34. The number of hydrogen-bond donors (Lipinski definition) is 1. The van der Waals surface area contributed by atoms with Crippen LogP contribution < -0.4 is 5.56 Å². The Balaban J connectivity index is 1.42. The smallest absolute Gasteiger partial charge is 0.259 e. The molecule has 2 aromatic heterocycles. The molecule has 2 aromatic rings. The summed E-state index contributed by atoms with van der Waals surface area (Å²) in [4.78, 5) is 36.3. The van der Waals surface area contributed by atoms with E-state index < -0.39 is 0 Å². The lowest BCUT2D eigenvalue weighted by Crippen LogP contribution is -2.36. The third-order valence-electron chi connectivity index (χ3n) is 4.80. The molecule has 1 fully saturated rings. The zero-order valence-corrected chi connectivity index (χ0v) is 15.2. The number of nitrogens with one attached hydrogen (secondary N) is 1. The number of piperidine rings is 1. The number of thioether (sulfide) groups is 1. The van der Waals surface area contributed by atoms with Crippen molar-refractivity contribution in [2.45, 2.75) is 44.3 Å². The molecule has 4 rings (SSSR count). The van der Waals surface area contributed by atoms with E-state index in [-0.39, 0.29) is 11.5 Å². The molecule has 7 heteroatoms. The highest BCUT2D eigenvalue weighted by atomic mass is 32.2. The Bertz CT molecular complexity index is 821. The van der Waals surface area contributed by atoms with Crippen LogP contribution in [0.3, 0.4) is 0 Å². The van der Waals surface area contributed by atoms with E-state index in [2.05, 4.69) is 9.97 Å². The van der Waals surface area contributed by atoms with Crippen molar-refractivity contribution in [3.8, 4) is 0 Å². The minimum atomic E-state index is -0.0163. The van der Waals surface area contributed by atoms with E-state index in [1.807, 2.05) is 4.90 Å². The number of thiophene rings is 1. The summed E-state index contributed by atoms with van der Waals surface area (Å²) >= 11 is 3.20. The Morgan fingerprint density at radius 3 is 2.88 bits per heavy atom. The second-order valence-corrected chi connectivity index (χ2v) is 8.55. The van der Waals surface area contributed by atoms with Gasteiger partial charge >= 0.3 is 0 Å². The molecule has 0 radical (unpaired) electrons. The Labute approximate surface area is 148 Å². The van der Waals surface area contributed by atoms with Crippen LogP contribution in [-0.2, 0) is 23.4 Å². The number of aromatic nitrogens is 2. The number of aromatic amines is 1. The van der Waals surface area contributed by atoms with Crippen LogP contribution in [0.2, 0.25) is 0 Å². The summed E-state index contributed by atoms with van der Waals surface area (Å²) < 4.78 is 0. The maximum atomic E-state index is 12.4. The van der Waals surface area contributed by atoms with E-state index in [1.165, 1.54) is 28.6 Å². The number of nitrogens with zero attached hydrogens (tertiary/aromatic N) is 2. The highest BCUT2D eigenvalue weighted by molar-refractivity contribution is 7.99. The molecular weight excluding hydrogens is 342 g/mol. The second-order valence-electron chi connectivity index (χ2n) is 6.48. The minimum Gasteiger partial charge on any atom is -0.342 e. The quantitative estimate of drug-likeness (QED) is 0.907. The molecule has 0 aromatic carbocycles. The van der Waals surface area contributed by atoms with E-state index in [9.17, 15) is 9.59 Å². The maximum absolute atomic E-state index is 12.4. The molecule has 1 aliphatic heterocycles. The van der Waals surface area contributed by atoms with Crippen LogP contribution in [0, 0.1) is 0 Å². The minimum absolute atomic E-state index is 0.0163. The lowest BCUT2D eigenvalue weighted by molar-refractivity contribution is -0.129. The maximum Gasteiger partial charge on any atom is 0.259 e. The summed E-state index contributed by atoms with van der Waals surface area (Å²) in [6.45, 7) is 1.78. The zero-order valence-electron chi connectivity index (χ0n) is 13.6. The monoisotopic (exact) mass is 363 g/mol. The highest BCUT2D eigenvalue weighted by Gasteiger charge is 2.21. The van der Waals surface area contributed by atoms with Crippen molar-refractivity contribution in [3.05, 3.63) is 26.6 Å². The summed E-state index contributed by atoms with van der Waals surface area (Å²) in [5, 5.41) is 0.797. The van der Waals surface area contributed by atoms with E-state index in [0.717, 1.165) is 55.4 Å². The van der Waals surface area contributed by atoms with Crippen LogP contribution in [0.4, 0.5) is 0 Å². The van der Waals surface area contributed by atoms with Gasteiger partial charge in [0, 0.05) is 18.0 Å². The molecule has 0 spiro atoms. The highest BCUT2D eigenvalue weighted by Crippen LogP contribution is 2.34. The van der Waals surface area contributed by atoms with Crippen LogP contribution in [0.1, 0.15) is 41.9 Å². The third-order valence-corrected chi connectivity index (χ3v) is 6.91. The summed E-state index contributed by atoms with van der Waals surface area (Å²) in [5.41, 5.74) is 1.19. The molecule has 0 unspecified atom stereocenters. The van der Waals surface area contributed by atoms with E-state index in [4.69, 9.17) is 0 Å². The van der Waals surface area contributed by atoms with Crippen molar-refractivity contribution in [1.82, 2.24) is 14.9 Å². The molecule has 2 aliphatic rings. The van der Waals surface area contributed by atoms with Crippen LogP contribution in [0.5, 0.6) is 0 Å².